The maximum atomic E-state index is 14.7. The van der Waals surface area contributed by atoms with Crippen molar-refractivity contribution < 1.29 is 60.4 Å². The number of aliphatic hydroxyl groups is 2. The molecule has 1 fully saturated rings. The molecule has 3 aliphatic carbocycles. The van der Waals surface area contributed by atoms with Gasteiger partial charge in [-0.1, -0.05) is 42.5 Å². The lowest BCUT2D eigenvalue weighted by atomic mass is 9.86. The zero-order chi connectivity index (χ0) is 68.0. The third-order valence-electron chi connectivity index (χ3n) is 16.9. The zero-order valence-corrected chi connectivity index (χ0v) is 53.0. The lowest BCUT2D eigenvalue weighted by molar-refractivity contribution is -0.131. The van der Waals surface area contributed by atoms with Gasteiger partial charge in [0.25, 0.3) is 0 Å². The van der Waals surface area contributed by atoms with Gasteiger partial charge in [0.15, 0.2) is 40.6 Å². The van der Waals surface area contributed by atoms with Gasteiger partial charge in [0.05, 0.1) is 76.4 Å². The van der Waals surface area contributed by atoms with Crippen LogP contribution in [0, 0.1) is 34.9 Å². The third-order valence-corrected chi connectivity index (χ3v) is 16.9. The van der Waals surface area contributed by atoms with Crippen LogP contribution in [0.25, 0.3) is 16.7 Å². The average Bonchev–Trinajstić information content (AvgIpc) is 1.75. The molecule has 0 bridgehead atoms. The number of ether oxygens (including phenoxy) is 2. The number of benzene rings is 3. The molecule has 12 rings (SSSR count). The molecule has 0 spiro atoms. The molecule has 6 heterocycles. The van der Waals surface area contributed by atoms with E-state index in [4.69, 9.17) is 15.2 Å². The summed E-state index contributed by atoms with van der Waals surface area (Å²) < 4.78 is 97.9. The Balaban J connectivity index is 0.000000159. The number of hydrogen-bond donors (Lipinski definition) is 6. The number of allylic oxidation sites excluding steroid dienone is 1. The van der Waals surface area contributed by atoms with Crippen molar-refractivity contribution in [1.82, 2.24) is 60.0 Å². The lowest BCUT2D eigenvalue weighted by Gasteiger charge is -2.32. The molecule has 8 aromatic rings. The number of likely N-dealkylation sites (tertiary alicyclic amines) is 1. The number of aliphatic hydroxyl groups excluding tert-OH is 2. The zero-order valence-electron chi connectivity index (χ0n) is 53.0. The first-order chi connectivity index (χ1) is 45.3. The van der Waals surface area contributed by atoms with Crippen LogP contribution in [0.3, 0.4) is 0 Å². The Labute approximate surface area is 542 Å². The highest BCUT2D eigenvalue weighted by Crippen LogP contribution is 2.45. The summed E-state index contributed by atoms with van der Waals surface area (Å²) in [5, 5.41) is 26.4. The fourth-order valence-electron chi connectivity index (χ4n) is 12.7. The highest BCUT2D eigenvalue weighted by molar-refractivity contribution is 5.89. The van der Waals surface area contributed by atoms with E-state index in [1.54, 1.807) is 63.3 Å². The van der Waals surface area contributed by atoms with Gasteiger partial charge in [-0.05, 0) is 139 Å². The summed E-state index contributed by atoms with van der Waals surface area (Å²) in [5.41, 5.74) is 9.41. The quantitative estimate of drug-likeness (QED) is 0.0609. The molecule has 0 radical (unpaired) electrons. The maximum absolute atomic E-state index is 14.7. The minimum Gasteiger partial charge on any atom is -0.444 e. The monoisotopic (exact) mass is 1310 g/mol. The maximum Gasteiger partial charge on any atom is 0.408 e. The Morgan fingerprint density at radius 3 is 1.48 bits per heavy atom. The number of H-pyrrole nitrogens is 1. The van der Waals surface area contributed by atoms with E-state index in [2.05, 4.69) is 50.5 Å². The predicted molar refractivity (Wildman–Crippen MR) is 335 cm³/mol. The number of fused-ring (bicyclic) bond motifs is 4. The molecular weight excluding hydrogens is 1240 g/mol. The fourth-order valence-corrected chi connectivity index (χ4v) is 12.7. The second-order valence-electron chi connectivity index (χ2n) is 25.6. The molecule has 5 aromatic heterocycles. The second-order valence-corrected chi connectivity index (χ2v) is 25.6. The normalized spacial score (nSPS) is 21.3. The van der Waals surface area contributed by atoms with Crippen LogP contribution in [0.4, 0.5) is 35.9 Å². The van der Waals surface area contributed by atoms with Gasteiger partial charge in [-0.3, -0.25) is 44.2 Å². The summed E-state index contributed by atoms with van der Waals surface area (Å²) in [5.74, 6) is -7.73. The van der Waals surface area contributed by atoms with Gasteiger partial charge < -0.3 is 41.0 Å². The number of nitrogens with one attached hydrogen (secondary N) is 3. The van der Waals surface area contributed by atoms with Crippen molar-refractivity contribution in [3.05, 3.63) is 212 Å². The van der Waals surface area contributed by atoms with Gasteiger partial charge in [0, 0.05) is 80.3 Å². The molecule has 3 amide bonds. The van der Waals surface area contributed by atoms with E-state index in [0.717, 1.165) is 23.7 Å². The molecule has 3 aromatic carbocycles. The van der Waals surface area contributed by atoms with Gasteiger partial charge in [-0.2, -0.15) is 0 Å². The van der Waals surface area contributed by atoms with Crippen LogP contribution in [0.1, 0.15) is 198 Å². The van der Waals surface area contributed by atoms with Crippen LogP contribution in [0.15, 0.2) is 121 Å². The van der Waals surface area contributed by atoms with Crippen molar-refractivity contribution in [2.75, 3.05) is 13.1 Å². The Kier molecular flexibility index (Phi) is 20.9. The van der Waals surface area contributed by atoms with Crippen molar-refractivity contribution >= 4 is 34.8 Å². The van der Waals surface area contributed by atoms with Crippen LogP contribution in [0.2, 0.25) is 0 Å². The van der Waals surface area contributed by atoms with Gasteiger partial charge >= 0.3 is 17.9 Å². The molecular formula is C68H73F6N13O8. The highest BCUT2D eigenvalue weighted by atomic mass is 19.2. The number of hydrogen-bond acceptors (Lipinski definition) is 16. The van der Waals surface area contributed by atoms with Crippen molar-refractivity contribution in [2.45, 2.75) is 158 Å². The van der Waals surface area contributed by atoms with Crippen molar-refractivity contribution in [3.63, 3.8) is 0 Å². The van der Waals surface area contributed by atoms with Crippen LogP contribution in [-0.2, 0) is 14.3 Å². The van der Waals surface area contributed by atoms with Gasteiger partial charge in [0.2, 0.25) is 5.91 Å². The summed E-state index contributed by atoms with van der Waals surface area (Å²) in [6, 6.07) is 13.1. The number of alkyl carbamates (subject to hydrolysis) is 2. The molecule has 95 heavy (non-hydrogen) atoms. The molecule has 8 atom stereocenters. The number of amides is 3. The summed E-state index contributed by atoms with van der Waals surface area (Å²) in [4.78, 5) is 85.5. The largest absolute Gasteiger partial charge is 0.444 e. The van der Waals surface area contributed by atoms with E-state index in [1.165, 1.54) is 73.6 Å². The summed E-state index contributed by atoms with van der Waals surface area (Å²) in [6.07, 6.45) is 11.8. The first-order valence-electron chi connectivity index (χ1n) is 31.1. The number of carbonyl (C=O) groups excluding carboxylic acids is 3. The van der Waals surface area contributed by atoms with Gasteiger partial charge in [-0.25, -0.2) is 45.7 Å². The number of piperidine rings is 1. The van der Waals surface area contributed by atoms with Crippen LogP contribution in [0.5, 0.6) is 0 Å². The first-order valence-corrected chi connectivity index (χ1v) is 31.1. The first kappa shape index (κ1) is 68.4. The lowest BCUT2D eigenvalue weighted by Crippen LogP contribution is -2.40. The molecule has 1 aliphatic heterocycles. The van der Waals surface area contributed by atoms with Crippen molar-refractivity contribution in [1.29, 1.82) is 0 Å². The molecule has 7 N–H and O–H groups in total. The molecule has 500 valence electrons. The van der Waals surface area contributed by atoms with Crippen LogP contribution < -0.4 is 22.1 Å². The number of pyridine rings is 1. The number of carbonyl (C=O) groups is 3. The molecule has 4 aliphatic rings. The van der Waals surface area contributed by atoms with Crippen molar-refractivity contribution in [3.8, 4) is 0 Å². The number of nitrogens with zero attached hydrogens (tertiary/aromatic N) is 9. The standard InChI is InChI=1S/C28H27F2N7O2.2C20H23F2N3O3/c29-20-4-1-3-18(23(20)30)19-7-6-16(25-26(24(19)31)33-12-11-32-25)15-22(38)36-13-8-17(9-14-36)37-21-5-2-10-34-27(21)35-28(37)39;2*1-20(2,3)28-19(27)25-16-12(11-5-4-6-13(21)15(11)22)7-8-14(26)17-18(16)24-10-9-23-17/h1-6,10-12,17,19,24H,7-9,13-15,31H2,(H,34,35,39);2*4-6,9-10,12,14,16,26H,7-8H2,1-3H3,(H,25,27)/t19-,24-;12-,14+,16-;12-,14-,16-/m000/s1. The van der Waals surface area contributed by atoms with E-state index in [1.807, 2.05) is 12.1 Å². The minimum atomic E-state index is -0.981. The van der Waals surface area contributed by atoms with E-state index in [9.17, 15) is 55.7 Å². The Hall–Kier alpha value is -9.47. The number of aromatic amines is 1. The van der Waals surface area contributed by atoms with Crippen molar-refractivity contribution in [2.24, 2.45) is 5.73 Å². The number of halogens is 6. The number of aromatic nitrogens is 9. The number of nitrogens with two attached hydrogens (primary N) is 1. The number of imidazole rings is 1. The summed E-state index contributed by atoms with van der Waals surface area (Å²) in [6.45, 7) is 11.3. The Bertz CT molecular complexity index is 4050. The average molecular weight is 1310 g/mol. The van der Waals surface area contributed by atoms with E-state index < -0.39 is 106 Å². The molecule has 0 unspecified atom stereocenters. The topological polar surface area (TPSA) is 291 Å². The Morgan fingerprint density at radius 1 is 0.568 bits per heavy atom. The Morgan fingerprint density at radius 2 is 1.01 bits per heavy atom. The van der Waals surface area contributed by atoms with Gasteiger partial charge in [0.1, 0.15) is 11.2 Å². The summed E-state index contributed by atoms with van der Waals surface area (Å²) in [7, 11) is 0. The SMILES string of the molecule is CC(C)(C)OC(=O)N[C@@H]1c2nccnc2[C@@H](O)CC[C@H]1c1cccc(F)c1F.CC(C)(C)OC(=O)N[C@@H]1c2nccnc2[C@H](O)CC[C@H]1c1cccc(F)c1F.N[C@@H]1c2nccnc2C(CC(=O)N2CCC(n3c(=O)[nH]c4ncccc43)CC2)=CC[C@H]1c1cccc(F)c1F. The third kappa shape index (κ3) is 15.7. The molecule has 21 nitrogen and oxygen atoms in total. The van der Waals surface area contributed by atoms with E-state index in [0.29, 0.717) is 90.6 Å². The van der Waals surface area contributed by atoms with Crippen LogP contribution in [-0.4, -0.2) is 102 Å². The molecule has 1 saturated heterocycles. The van der Waals surface area contributed by atoms with E-state index >= 15 is 0 Å². The number of rotatable bonds is 8. The highest BCUT2D eigenvalue weighted by Gasteiger charge is 2.41. The predicted octanol–water partition coefficient (Wildman–Crippen LogP) is 11.5. The smallest absolute Gasteiger partial charge is 0.408 e. The second kappa shape index (κ2) is 29.0. The molecule has 27 heteroatoms. The minimum absolute atomic E-state index is 0.0388. The fraction of sp³-hybridized carbons (Fsp3) is 0.397. The van der Waals surface area contributed by atoms with E-state index in [-0.39, 0.29) is 53.6 Å². The van der Waals surface area contributed by atoms with Gasteiger partial charge in [-0.15, -0.1) is 0 Å². The molecule has 0 saturated carbocycles. The van der Waals surface area contributed by atoms with Crippen LogP contribution >= 0.6 is 0 Å². The summed E-state index contributed by atoms with van der Waals surface area (Å²) >= 11 is 0.